The summed E-state index contributed by atoms with van der Waals surface area (Å²) >= 11 is 0. The maximum Gasteiger partial charge on any atom is 0.228 e. The van der Waals surface area contributed by atoms with E-state index in [0.717, 1.165) is 33.6 Å². The van der Waals surface area contributed by atoms with E-state index in [2.05, 4.69) is 29.7 Å². The van der Waals surface area contributed by atoms with E-state index in [0.29, 0.717) is 12.8 Å². The third-order valence-electron chi connectivity index (χ3n) is 4.19. The summed E-state index contributed by atoms with van der Waals surface area (Å²) in [6.45, 7) is 6.13. The van der Waals surface area contributed by atoms with Gasteiger partial charge in [-0.05, 0) is 61.2 Å². The Hall–Kier alpha value is -2.62. The molecule has 1 aliphatic rings. The van der Waals surface area contributed by atoms with Crippen LogP contribution in [0.3, 0.4) is 0 Å². The fourth-order valence-corrected chi connectivity index (χ4v) is 3.16. The fraction of sp³-hybridized carbons (Fsp3) is 0.263. The Morgan fingerprint density at radius 1 is 1.13 bits per heavy atom. The van der Waals surface area contributed by atoms with Crippen molar-refractivity contribution in [2.24, 2.45) is 0 Å². The first-order valence-electron chi connectivity index (χ1n) is 7.72. The first-order valence-corrected chi connectivity index (χ1v) is 7.72. The maximum atomic E-state index is 12.3. The summed E-state index contributed by atoms with van der Waals surface area (Å²) < 4.78 is 0. The quantitative estimate of drug-likeness (QED) is 0.914. The van der Waals surface area contributed by atoms with Gasteiger partial charge < -0.3 is 10.6 Å². The van der Waals surface area contributed by atoms with E-state index in [-0.39, 0.29) is 11.8 Å². The van der Waals surface area contributed by atoms with Gasteiger partial charge in [-0.15, -0.1) is 0 Å². The first kappa shape index (κ1) is 15.3. The van der Waals surface area contributed by atoms with Crippen molar-refractivity contribution in [3.63, 3.8) is 0 Å². The molecule has 4 heteroatoms. The number of benzene rings is 2. The minimum absolute atomic E-state index is 0.00520. The average Bonchev–Trinajstić information content (AvgIpc) is 2.82. The molecule has 0 atom stereocenters. The fourth-order valence-electron chi connectivity index (χ4n) is 3.16. The molecule has 0 bridgehead atoms. The van der Waals surface area contributed by atoms with Crippen LogP contribution < -0.4 is 10.6 Å². The molecule has 4 nitrogen and oxygen atoms in total. The summed E-state index contributed by atoms with van der Waals surface area (Å²) in [6.07, 6.45) is 0.724. The number of amides is 2. The van der Waals surface area contributed by atoms with E-state index in [9.17, 15) is 9.59 Å². The van der Waals surface area contributed by atoms with Gasteiger partial charge in [-0.1, -0.05) is 17.7 Å². The number of hydrogen-bond donors (Lipinski definition) is 2. The van der Waals surface area contributed by atoms with Crippen molar-refractivity contribution >= 4 is 23.2 Å². The van der Waals surface area contributed by atoms with Gasteiger partial charge in [-0.2, -0.15) is 0 Å². The highest BCUT2D eigenvalue weighted by Gasteiger charge is 2.18. The van der Waals surface area contributed by atoms with Crippen molar-refractivity contribution in [1.29, 1.82) is 0 Å². The molecule has 0 aliphatic carbocycles. The van der Waals surface area contributed by atoms with Crippen LogP contribution in [0.15, 0.2) is 30.3 Å². The SMILES string of the molecule is Cc1cc(C)c(CC(=O)Nc2ccc3c(c2)CC(=O)N3)c(C)c1. The lowest BCUT2D eigenvalue weighted by Gasteiger charge is -2.12. The van der Waals surface area contributed by atoms with Crippen molar-refractivity contribution in [3.8, 4) is 0 Å². The Kier molecular flexibility index (Phi) is 3.90. The molecule has 2 aromatic carbocycles. The van der Waals surface area contributed by atoms with Crippen molar-refractivity contribution in [1.82, 2.24) is 0 Å². The zero-order valence-electron chi connectivity index (χ0n) is 13.6. The van der Waals surface area contributed by atoms with E-state index in [1.165, 1.54) is 5.56 Å². The second-order valence-corrected chi connectivity index (χ2v) is 6.20. The van der Waals surface area contributed by atoms with Crippen LogP contribution in [0, 0.1) is 20.8 Å². The van der Waals surface area contributed by atoms with Crippen molar-refractivity contribution in [2.45, 2.75) is 33.6 Å². The van der Waals surface area contributed by atoms with Gasteiger partial charge in [0.15, 0.2) is 0 Å². The number of rotatable bonds is 3. The monoisotopic (exact) mass is 308 g/mol. The topological polar surface area (TPSA) is 58.2 Å². The number of fused-ring (bicyclic) bond motifs is 1. The van der Waals surface area contributed by atoms with Crippen LogP contribution in [0.1, 0.15) is 27.8 Å². The molecule has 0 saturated carbocycles. The Bertz CT molecular complexity index is 786. The van der Waals surface area contributed by atoms with Gasteiger partial charge in [0.2, 0.25) is 11.8 Å². The van der Waals surface area contributed by atoms with Crippen LogP contribution in [0.25, 0.3) is 0 Å². The number of anilines is 2. The van der Waals surface area contributed by atoms with E-state index >= 15 is 0 Å². The van der Waals surface area contributed by atoms with Gasteiger partial charge in [0.1, 0.15) is 0 Å². The van der Waals surface area contributed by atoms with E-state index in [1.54, 1.807) is 0 Å². The zero-order valence-corrected chi connectivity index (χ0v) is 13.6. The van der Waals surface area contributed by atoms with Crippen molar-refractivity contribution in [3.05, 3.63) is 58.1 Å². The third-order valence-corrected chi connectivity index (χ3v) is 4.19. The number of nitrogens with one attached hydrogen (secondary N) is 2. The molecule has 0 fully saturated rings. The Labute approximate surface area is 135 Å². The molecule has 0 aromatic heterocycles. The largest absolute Gasteiger partial charge is 0.326 e. The van der Waals surface area contributed by atoms with Gasteiger partial charge in [0, 0.05) is 11.4 Å². The molecule has 0 radical (unpaired) electrons. The minimum atomic E-state index is -0.0442. The molecule has 1 aliphatic heterocycles. The molecule has 23 heavy (non-hydrogen) atoms. The minimum Gasteiger partial charge on any atom is -0.326 e. The molecular weight excluding hydrogens is 288 g/mol. The van der Waals surface area contributed by atoms with E-state index in [4.69, 9.17) is 0 Å². The molecule has 2 amide bonds. The standard InChI is InChI=1S/C19H20N2O2/c1-11-6-12(2)16(13(3)7-11)10-19(23)20-15-4-5-17-14(8-15)9-18(22)21-17/h4-8H,9-10H2,1-3H3,(H,20,23)(H,21,22). The van der Waals surface area contributed by atoms with Crippen LogP contribution in [0.4, 0.5) is 11.4 Å². The zero-order chi connectivity index (χ0) is 16.6. The molecule has 0 saturated heterocycles. The van der Waals surface area contributed by atoms with Gasteiger partial charge in [0.05, 0.1) is 12.8 Å². The molecular formula is C19H20N2O2. The molecule has 118 valence electrons. The summed E-state index contributed by atoms with van der Waals surface area (Å²) in [4.78, 5) is 23.7. The lowest BCUT2D eigenvalue weighted by atomic mass is 9.97. The highest BCUT2D eigenvalue weighted by Crippen LogP contribution is 2.26. The van der Waals surface area contributed by atoms with Crippen LogP contribution in [-0.4, -0.2) is 11.8 Å². The highest BCUT2D eigenvalue weighted by molar-refractivity contribution is 6.00. The average molecular weight is 308 g/mol. The molecule has 1 heterocycles. The summed E-state index contributed by atoms with van der Waals surface area (Å²) in [5.41, 5.74) is 7.05. The predicted molar refractivity (Wildman–Crippen MR) is 91.8 cm³/mol. The van der Waals surface area contributed by atoms with Crippen LogP contribution in [0.2, 0.25) is 0 Å². The van der Waals surface area contributed by atoms with Crippen molar-refractivity contribution < 1.29 is 9.59 Å². The van der Waals surface area contributed by atoms with Crippen LogP contribution >= 0.6 is 0 Å². The van der Waals surface area contributed by atoms with Crippen LogP contribution in [0.5, 0.6) is 0 Å². The molecule has 2 aromatic rings. The normalized spacial score (nSPS) is 12.7. The van der Waals surface area contributed by atoms with Crippen molar-refractivity contribution in [2.75, 3.05) is 10.6 Å². The van der Waals surface area contributed by atoms with Crippen LogP contribution in [-0.2, 0) is 22.4 Å². The lowest BCUT2D eigenvalue weighted by molar-refractivity contribution is -0.116. The summed E-state index contributed by atoms with van der Waals surface area (Å²) in [7, 11) is 0. The number of carbonyl (C=O) groups is 2. The first-order chi connectivity index (χ1) is 10.9. The second kappa shape index (κ2) is 5.88. The Morgan fingerprint density at radius 2 is 1.83 bits per heavy atom. The number of hydrogen-bond acceptors (Lipinski definition) is 2. The third kappa shape index (κ3) is 3.26. The van der Waals surface area contributed by atoms with E-state index in [1.807, 2.05) is 32.0 Å². The Balaban J connectivity index is 1.74. The molecule has 3 rings (SSSR count). The van der Waals surface area contributed by atoms with E-state index < -0.39 is 0 Å². The predicted octanol–water partition coefficient (Wildman–Crippen LogP) is 3.29. The number of aryl methyl sites for hydroxylation is 3. The molecule has 2 N–H and O–H groups in total. The summed E-state index contributed by atoms with van der Waals surface area (Å²) in [5.74, 6) is -0.0494. The number of carbonyl (C=O) groups excluding carboxylic acids is 2. The summed E-state index contributed by atoms with van der Waals surface area (Å²) in [5, 5.41) is 5.71. The molecule has 0 spiro atoms. The summed E-state index contributed by atoms with van der Waals surface area (Å²) in [6, 6.07) is 9.71. The molecule has 0 unspecified atom stereocenters. The van der Waals surface area contributed by atoms with Gasteiger partial charge in [-0.3, -0.25) is 9.59 Å². The highest BCUT2D eigenvalue weighted by atomic mass is 16.2. The lowest BCUT2D eigenvalue weighted by Crippen LogP contribution is -2.16. The smallest absolute Gasteiger partial charge is 0.228 e. The van der Waals surface area contributed by atoms with Gasteiger partial charge in [0.25, 0.3) is 0 Å². The van der Waals surface area contributed by atoms with Gasteiger partial charge in [-0.25, -0.2) is 0 Å². The maximum absolute atomic E-state index is 12.3. The van der Waals surface area contributed by atoms with Gasteiger partial charge >= 0.3 is 0 Å². The Morgan fingerprint density at radius 3 is 2.52 bits per heavy atom. The second-order valence-electron chi connectivity index (χ2n) is 6.20.